The van der Waals surface area contributed by atoms with Gasteiger partial charge < -0.3 is 9.47 Å². The third-order valence-electron chi connectivity index (χ3n) is 4.05. The number of hydrogen-bond donors (Lipinski definition) is 0. The fraction of sp³-hybridized carbons (Fsp3) is 0.217. The largest absolute Gasteiger partial charge is 0.494 e. The fourth-order valence-corrected chi connectivity index (χ4v) is 2.63. The van der Waals surface area contributed by atoms with Gasteiger partial charge in [-0.05, 0) is 54.8 Å². The van der Waals surface area contributed by atoms with Crippen molar-refractivity contribution < 1.29 is 14.3 Å². The Morgan fingerprint density at radius 2 is 1.85 bits per heavy atom. The highest BCUT2D eigenvalue weighted by molar-refractivity contribution is 6.11. The predicted octanol–water partition coefficient (Wildman–Crippen LogP) is 5.16. The van der Waals surface area contributed by atoms with Gasteiger partial charge in [0.15, 0.2) is 5.70 Å². The highest BCUT2D eigenvalue weighted by Crippen LogP contribution is 2.21. The quantitative estimate of drug-likeness (QED) is 0.389. The molecule has 1 heterocycles. The van der Waals surface area contributed by atoms with Crippen molar-refractivity contribution in [2.75, 3.05) is 6.61 Å². The second-order valence-corrected chi connectivity index (χ2v) is 6.36. The minimum Gasteiger partial charge on any atom is -0.494 e. The number of carbonyl (C=O) groups is 1. The van der Waals surface area contributed by atoms with E-state index in [1.165, 1.54) is 0 Å². The smallest absolute Gasteiger partial charge is 0.363 e. The first-order chi connectivity index (χ1) is 13.2. The van der Waals surface area contributed by atoms with Gasteiger partial charge in [-0.15, -0.1) is 0 Å². The number of benzene rings is 2. The molecule has 0 radical (unpaired) electrons. The third kappa shape index (κ3) is 5.17. The lowest BCUT2D eigenvalue weighted by Gasteiger charge is -2.05. The maximum atomic E-state index is 12.1. The SMILES string of the molecule is CCCCOc1ccc(C2=N/C(=C\C(C)=C\c3ccccc3)C(=O)O2)cc1. The number of ether oxygens (including phenoxy) is 2. The summed E-state index contributed by atoms with van der Waals surface area (Å²) in [6, 6.07) is 17.4. The minimum absolute atomic E-state index is 0.304. The zero-order valence-corrected chi connectivity index (χ0v) is 15.6. The molecule has 4 heteroatoms. The lowest BCUT2D eigenvalue weighted by Crippen LogP contribution is -2.05. The van der Waals surface area contributed by atoms with Gasteiger partial charge in [0, 0.05) is 5.56 Å². The molecule has 0 fully saturated rings. The number of cyclic esters (lactones) is 1. The Balaban J connectivity index is 1.73. The topological polar surface area (TPSA) is 47.9 Å². The molecule has 0 saturated heterocycles. The predicted molar refractivity (Wildman–Crippen MR) is 108 cm³/mol. The average Bonchev–Trinajstić information content (AvgIpc) is 3.03. The maximum absolute atomic E-state index is 12.1. The van der Waals surface area contributed by atoms with Gasteiger partial charge in [-0.25, -0.2) is 9.79 Å². The lowest BCUT2D eigenvalue weighted by atomic mass is 10.1. The van der Waals surface area contributed by atoms with Crippen LogP contribution in [0.15, 0.2) is 76.9 Å². The van der Waals surface area contributed by atoms with E-state index in [1.807, 2.05) is 67.6 Å². The molecule has 1 aliphatic heterocycles. The molecule has 1 aliphatic rings. The van der Waals surface area contributed by atoms with Crippen molar-refractivity contribution in [3.63, 3.8) is 0 Å². The summed E-state index contributed by atoms with van der Waals surface area (Å²) in [5.74, 6) is 0.683. The second-order valence-electron chi connectivity index (χ2n) is 6.36. The van der Waals surface area contributed by atoms with Crippen LogP contribution < -0.4 is 4.74 Å². The first-order valence-electron chi connectivity index (χ1n) is 9.15. The molecule has 0 unspecified atom stereocenters. The van der Waals surface area contributed by atoms with Gasteiger partial charge in [0.1, 0.15) is 5.75 Å². The van der Waals surface area contributed by atoms with Crippen LogP contribution in [0.5, 0.6) is 5.75 Å². The summed E-state index contributed by atoms with van der Waals surface area (Å²) in [6.45, 7) is 4.76. The number of aliphatic imine (C=N–C) groups is 1. The Labute approximate surface area is 159 Å². The summed E-state index contributed by atoms with van der Waals surface area (Å²) in [5.41, 5.74) is 3.05. The van der Waals surface area contributed by atoms with Gasteiger partial charge in [-0.1, -0.05) is 49.8 Å². The molecule has 0 amide bonds. The van der Waals surface area contributed by atoms with Crippen LogP contribution in [-0.2, 0) is 9.53 Å². The molecule has 2 aromatic rings. The summed E-state index contributed by atoms with van der Waals surface area (Å²) in [7, 11) is 0. The Morgan fingerprint density at radius 1 is 1.11 bits per heavy atom. The van der Waals surface area contributed by atoms with Gasteiger partial charge >= 0.3 is 5.97 Å². The molecular formula is C23H23NO3. The van der Waals surface area contributed by atoms with Crippen molar-refractivity contribution in [3.8, 4) is 5.75 Å². The normalized spacial score (nSPS) is 15.6. The van der Waals surface area contributed by atoms with Gasteiger partial charge in [-0.3, -0.25) is 0 Å². The highest BCUT2D eigenvalue weighted by atomic mass is 16.6. The van der Waals surface area contributed by atoms with Gasteiger partial charge in [0.05, 0.1) is 6.61 Å². The number of hydrogen-bond acceptors (Lipinski definition) is 4. The summed E-state index contributed by atoms with van der Waals surface area (Å²) < 4.78 is 11.0. The van der Waals surface area contributed by atoms with E-state index in [9.17, 15) is 4.79 Å². The Kier molecular flexibility index (Phi) is 6.21. The van der Waals surface area contributed by atoms with Crippen LogP contribution >= 0.6 is 0 Å². The van der Waals surface area contributed by atoms with Gasteiger partial charge in [0.25, 0.3) is 0 Å². The van der Waals surface area contributed by atoms with Crippen molar-refractivity contribution in [2.45, 2.75) is 26.7 Å². The van der Waals surface area contributed by atoms with E-state index >= 15 is 0 Å². The van der Waals surface area contributed by atoms with Crippen LogP contribution in [-0.4, -0.2) is 18.5 Å². The van der Waals surface area contributed by atoms with Crippen LogP contribution in [0.4, 0.5) is 0 Å². The monoisotopic (exact) mass is 361 g/mol. The molecule has 2 aromatic carbocycles. The standard InChI is InChI=1S/C23H23NO3/c1-3-4-14-26-20-12-10-19(11-13-20)22-24-21(23(25)27-22)16-17(2)15-18-8-6-5-7-9-18/h5-13,15-16H,3-4,14H2,1-2H3/b17-15+,21-16-. The van der Waals surface area contributed by atoms with E-state index < -0.39 is 5.97 Å². The molecule has 0 aromatic heterocycles. The van der Waals surface area contributed by atoms with E-state index in [2.05, 4.69) is 11.9 Å². The van der Waals surface area contributed by atoms with Crippen LogP contribution in [0.25, 0.3) is 6.08 Å². The summed E-state index contributed by atoms with van der Waals surface area (Å²) in [4.78, 5) is 16.5. The molecule has 0 N–H and O–H groups in total. The first kappa shape index (κ1) is 18.6. The molecule has 0 atom stereocenters. The molecule has 138 valence electrons. The molecule has 4 nitrogen and oxygen atoms in total. The summed E-state index contributed by atoms with van der Waals surface area (Å²) in [5, 5.41) is 0. The van der Waals surface area contributed by atoms with E-state index in [0.29, 0.717) is 18.2 Å². The zero-order chi connectivity index (χ0) is 19.1. The van der Waals surface area contributed by atoms with Crippen LogP contribution in [0, 0.1) is 0 Å². The Morgan fingerprint density at radius 3 is 2.56 bits per heavy atom. The second kappa shape index (κ2) is 8.99. The van der Waals surface area contributed by atoms with Gasteiger partial charge in [-0.2, -0.15) is 0 Å². The maximum Gasteiger partial charge on any atom is 0.363 e. The van der Waals surface area contributed by atoms with Crippen molar-refractivity contribution in [1.82, 2.24) is 0 Å². The Bertz CT molecular complexity index is 878. The number of allylic oxidation sites excluding steroid dienone is 2. The number of nitrogens with zero attached hydrogens (tertiary/aromatic N) is 1. The van der Waals surface area contributed by atoms with E-state index in [-0.39, 0.29) is 0 Å². The average molecular weight is 361 g/mol. The number of unbranched alkanes of at least 4 members (excludes halogenated alkanes) is 1. The van der Waals surface area contributed by atoms with E-state index in [0.717, 1.165) is 35.3 Å². The molecule has 3 rings (SSSR count). The molecule has 0 saturated carbocycles. The zero-order valence-electron chi connectivity index (χ0n) is 15.6. The Hall–Kier alpha value is -3.14. The van der Waals surface area contributed by atoms with Crippen molar-refractivity contribution in [2.24, 2.45) is 4.99 Å². The third-order valence-corrected chi connectivity index (χ3v) is 4.05. The summed E-state index contributed by atoms with van der Waals surface area (Å²) >= 11 is 0. The molecule has 0 spiro atoms. The van der Waals surface area contributed by atoms with E-state index in [4.69, 9.17) is 9.47 Å². The molecular weight excluding hydrogens is 338 g/mol. The number of carbonyl (C=O) groups excluding carboxylic acids is 1. The molecule has 0 bridgehead atoms. The van der Waals surface area contributed by atoms with Crippen LogP contribution in [0.2, 0.25) is 0 Å². The van der Waals surface area contributed by atoms with E-state index in [1.54, 1.807) is 6.08 Å². The first-order valence-corrected chi connectivity index (χ1v) is 9.15. The van der Waals surface area contributed by atoms with Gasteiger partial charge in [0.2, 0.25) is 5.90 Å². The van der Waals surface area contributed by atoms with Crippen molar-refractivity contribution in [3.05, 3.63) is 83.1 Å². The number of rotatable bonds is 7. The molecule has 27 heavy (non-hydrogen) atoms. The fourth-order valence-electron chi connectivity index (χ4n) is 2.63. The summed E-state index contributed by atoms with van der Waals surface area (Å²) in [6.07, 6.45) is 5.86. The van der Waals surface area contributed by atoms with Crippen molar-refractivity contribution in [1.29, 1.82) is 0 Å². The van der Waals surface area contributed by atoms with Crippen LogP contribution in [0.1, 0.15) is 37.8 Å². The lowest BCUT2D eigenvalue weighted by molar-refractivity contribution is -0.130. The molecule has 0 aliphatic carbocycles. The van der Waals surface area contributed by atoms with Crippen molar-refractivity contribution >= 4 is 17.9 Å². The number of esters is 1. The highest BCUT2D eigenvalue weighted by Gasteiger charge is 2.24. The minimum atomic E-state index is -0.436. The van der Waals surface area contributed by atoms with Crippen LogP contribution in [0.3, 0.4) is 0 Å².